The van der Waals surface area contributed by atoms with Gasteiger partial charge in [-0.05, 0) is 6.92 Å². The van der Waals surface area contributed by atoms with E-state index in [9.17, 15) is 18.0 Å². The zero-order valence-corrected chi connectivity index (χ0v) is 6.80. The summed E-state index contributed by atoms with van der Waals surface area (Å²) in [6.07, 6.45) is -3.32. The van der Waals surface area contributed by atoms with E-state index in [0.29, 0.717) is 6.54 Å². The first kappa shape index (κ1) is 9.76. The predicted octanol–water partition coefficient (Wildman–Crippen LogP) is 1.73. The van der Waals surface area contributed by atoms with Gasteiger partial charge in [-0.15, -0.1) is 0 Å². The number of aryl methyl sites for hydroxylation is 1. The van der Waals surface area contributed by atoms with Crippen LogP contribution in [-0.2, 0) is 12.7 Å². The molecular formula is C7H7F3N2O. The minimum atomic E-state index is -4.56. The van der Waals surface area contributed by atoms with E-state index in [1.165, 1.54) is 0 Å². The van der Waals surface area contributed by atoms with Crippen LogP contribution in [0.2, 0.25) is 0 Å². The molecule has 72 valence electrons. The monoisotopic (exact) mass is 192 g/mol. The summed E-state index contributed by atoms with van der Waals surface area (Å²) < 4.78 is 37.5. The molecule has 0 spiro atoms. The number of nitrogens with zero attached hydrogens (tertiary/aromatic N) is 2. The van der Waals surface area contributed by atoms with E-state index in [4.69, 9.17) is 0 Å². The van der Waals surface area contributed by atoms with E-state index >= 15 is 0 Å². The second-order valence-corrected chi connectivity index (χ2v) is 2.40. The Morgan fingerprint density at radius 1 is 1.62 bits per heavy atom. The minimum Gasteiger partial charge on any atom is -0.298 e. The van der Waals surface area contributed by atoms with Gasteiger partial charge in [0.15, 0.2) is 12.0 Å². The molecule has 0 N–H and O–H groups in total. The number of halogens is 3. The smallest absolute Gasteiger partial charge is 0.298 e. The molecule has 0 bridgehead atoms. The second kappa shape index (κ2) is 3.20. The lowest BCUT2D eigenvalue weighted by molar-refractivity contribution is -0.141. The second-order valence-electron chi connectivity index (χ2n) is 2.40. The number of hydrogen-bond acceptors (Lipinski definition) is 2. The van der Waals surface area contributed by atoms with Crippen molar-refractivity contribution in [3.63, 3.8) is 0 Å². The lowest BCUT2D eigenvalue weighted by atomic mass is 10.3. The van der Waals surface area contributed by atoms with Crippen LogP contribution in [0.5, 0.6) is 0 Å². The Morgan fingerprint density at radius 3 is 2.54 bits per heavy atom. The highest BCUT2D eigenvalue weighted by Crippen LogP contribution is 2.29. The number of hydrogen-bond donors (Lipinski definition) is 0. The molecule has 1 aromatic rings. The zero-order valence-electron chi connectivity index (χ0n) is 6.80. The maximum Gasteiger partial charge on any atom is 0.435 e. The molecule has 0 saturated carbocycles. The Labute approximate surface area is 72.2 Å². The Kier molecular flexibility index (Phi) is 2.40. The lowest BCUT2D eigenvalue weighted by Crippen LogP contribution is -2.09. The first-order valence-electron chi connectivity index (χ1n) is 3.59. The highest BCUT2D eigenvalue weighted by atomic mass is 19.4. The van der Waals surface area contributed by atoms with Gasteiger partial charge in [-0.25, -0.2) is 0 Å². The molecule has 0 saturated heterocycles. The molecule has 1 heterocycles. The molecule has 0 aromatic carbocycles. The van der Waals surface area contributed by atoms with Gasteiger partial charge in [0.1, 0.15) is 0 Å². The summed E-state index contributed by atoms with van der Waals surface area (Å²) in [4.78, 5) is 10.2. The van der Waals surface area contributed by atoms with E-state index in [1.807, 2.05) is 0 Å². The highest BCUT2D eigenvalue weighted by Gasteiger charge is 2.36. The summed E-state index contributed by atoms with van der Waals surface area (Å²) in [6.45, 7) is 1.94. The fourth-order valence-electron chi connectivity index (χ4n) is 0.905. The topological polar surface area (TPSA) is 34.9 Å². The maximum atomic E-state index is 12.2. The Hall–Kier alpha value is -1.33. The van der Waals surface area contributed by atoms with Gasteiger partial charge in [-0.1, -0.05) is 0 Å². The normalized spacial score (nSPS) is 11.7. The summed E-state index contributed by atoms with van der Waals surface area (Å²) in [7, 11) is 0. The molecule has 0 aliphatic carbocycles. The van der Waals surface area contributed by atoms with E-state index in [1.54, 1.807) is 6.92 Å². The zero-order chi connectivity index (χ0) is 10.1. The molecule has 3 nitrogen and oxygen atoms in total. The van der Waals surface area contributed by atoms with Gasteiger partial charge in [0.25, 0.3) is 0 Å². The van der Waals surface area contributed by atoms with Crippen molar-refractivity contribution in [1.29, 1.82) is 0 Å². The summed E-state index contributed by atoms with van der Waals surface area (Å²) >= 11 is 0. The largest absolute Gasteiger partial charge is 0.435 e. The Bertz CT molecular complexity index is 316. The Balaban J connectivity index is 3.19. The molecule has 0 unspecified atom stereocenters. The fourth-order valence-corrected chi connectivity index (χ4v) is 0.905. The van der Waals surface area contributed by atoms with Gasteiger partial charge in [0, 0.05) is 12.7 Å². The van der Waals surface area contributed by atoms with Crippen LogP contribution in [0.15, 0.2) is 6.20 Å². The van der Waals surface area contributed by atoms with Crippen LogP contribution in [-0.4, -0.2) is 16.1 Å². The van der Waals surface area contributed by atoms with Crippen molar-refractivity contribution in [2.75, 3.05) is 0 Å². The van der Waals surface area contributed by atoms with E-state index in [0.717, 1.165) is 10.9 Å². The number of carbonyl (C=O) groups is 1. The van der Waals surface area contributed by atoms with Crippen LogP contribution < -0.4 is 0 Å². The fraction of sp³-hybridized carbons (Fsp3) is 0.429. The van der Waals surface area contributed by atoms with Crippen molar-refractivity contribution in [1.82, 2.24) is 9.78 Å². The number of carbonyl (C=O) groups excluding carboxylic acids is 1. The number of aromatic nitrogens is 2. The quantitative estimate of drug-likeness (QED) is 0.669. The minimum absolute atomic E-state index is 0.155. The maximum absolute atomic E-state index is 12.2. The number of aldehydes is 1. The van der Waals surface area contributed by atoms with Crippen molar-refractivity contribution in [2.45, 2.75) is 19.6 Å². The molecule has 6 heteroatoms. The molecule has 0 aliphatic heterocycles. The lowest BCUT2D eigenvalue weighted by Gasteiger charge is -2.01. The third kappa shape index (κ3) is 1.88. The van der Waals surface area contributed by atoms with Crippen molar-refractivity contribution < 1.29 is 18.0 Å². The predicted molar refractivity (Wildman–Crippen MR) is 38.3 cm³/mol. The van der Waals surface area contributed by atoms with Gasteiger partial charge in [0.2, 0.25) is 0 Å². The molecule has 0 fully saturated rings. The van der Waals surface area contributed by atoms with Gasteiger partial charge in [-0.3, -0.25) is 9.48 Å². The SMILES string of the molecule is CCn1cc(C=O)c(C(F)(F)F)n1. The molecule has 0 amide bonds. The summed E-state index contributed by atoms with van der Waals surface area (Å²) in [5.74, 6) is 0. The Morgan fingerprint density at radius 2 is 2.23 bits per heavy atom. The van der Waals surface area contributed by atoms with Gasteiger partial charge in [-0.2, -0.15) is 18.3 Å². The molecular weight excluding hydrogens is 185 g/mol. The van der Waals surface area contributed by atoms with Crippen LogP contribution in [0.1, 0.15) is 23.0 Å². The van der Waals surface area contributed by atoms with Gasteiger partial charge < -0.3 is 0 Å². The molecule has 1 rings (SSSR count). The van der Waals surface area contributed by atoms with Crippen LogP contribution in [0.4, 0.5) is 13.2 Å². The summed E-state index contributed by atoms with van der Waals surface area (Å²) in [5, 5.41) is 3.23. The number of alkyl halides is 3. The van der Waals surface area contributed by atoms with Gasteiger partial charge in [0.05, 0.1) is 5.56 Å². The molecule has 0 atom stereocenters. The van der Waals surface area contributed by atoms with Crippen LogP contribution >= 0.6 is 0 Å². The van der Waals surface area contributed by atoms with E-state index in [2.05, 4.69) is 5.10 Å². The van der Waals surface area contributed by atoms with Crippen LogP contribution in [0.3, 0.4) is 0 Å². The molecule has 1 aromatic heterocycles. The van der Waals surface area contributed by atoms with E-state index in [-0.39, 0.29) is 6.29 Å². The highest BCUT2D eigenvalue weighted by molar-refractivity contribution is 5.76. The third-order valence-corrected chi connectivity index (χ3v) is 1.51. The summed E-state index contributed by atoms with van der Waals surface area (Å²) in [5.41, 5.74) is -1.54. The van der Waals surface area contributed by atoms with Crippen molar-refractivity contribution in [2.24, 2.45) is 0 Å². The van der Waals surface area contributed by atoms with Crippen molar-refractivity contribution in [3.8, 4) is 0 Å². The molecule has 0 aliphatic rings. The standard InChI is InChI=1S/C7H7F3N2O/c1-2-12-3-5(4-13)6(11-12)7(8,9)10/h3-4H,2H2,1H3. The van der Waals surface area contributed by atoms with E-state index < -0.39 is 17.4 Å². The third-order valence-electron chi connectivity index (χ3n) is 1.51. The first-order valence-corrected chi connectivity index (χ1v) is 3.59. The van der Waals surface area contributed by atoms with Crippen LogP contribution in [0.25, 0.3) is 0 Å². The molecule has 13 heavy (non-hydrogen) atoms. The first-order chi connectivity index (χ1) is 5.99. The average Bonchev–Trinajstić information content (AvgIpc) is 2.46. The van der Waals surface area contributed by atoms with Crippen LogP contribution in [0, 0.1) is 0 Å². The molecule has 0 radical (unpaired) electrons. The summed E-state index contributed by atoms with van der Waals surface area (Å²) in [6, 6.07) is 0. The number of rotatable bonds is 2. The van der Waals surface area contributed by atoms with Crippen molar-refractivity contribution >= 4 is 6.29 Å². The average molecular weight is 192 g/mol. The van der Waals surface area contributed by atoms with Gasteiger partial charge >= 0.3 is 6.18 Å². The van der Waals surface area contributed by atoms with Crippen molar-refractivity contribution in [3.05, 3.63) is 17.5 Å².